The number of rotatable bonds is 7. The van der Waals surface area contributed by atoms with Gasteiger partial charge in [-0.15, -0.1) is 0 Å². The second-order valence-corrected chi connectivity index (χ2v) is 8.65. The molecule has 4 amide bonds. The zero-order valence-corrected chi connectivity index (χ0v) is 19.1. The van der Waals surface area contributed by atoms with E-state index < -0.39 is 6.03 Å². The summed E-state index contributed by atoms with van der Waals surface area (Å²) in [6.07, 6.45) is 0.977. The Kier molecular flexibility index (Phi) is 6.91. The van der Waals surface area contributed by atoms with Gasteiger partial charge in [-0.05, 0) is 25.5 Å². The molecule has 0 aliphatic carbocycles. The molecule has 0 bridgehead atoms. The average molecular weight is 458 g/mol. The number of piperazine rings is 1. The number of nitrogens with zero attached hydrogens (tertiary/aromatic N) is 5. The summed E-state index contributed by atoms with van der Waals surface area (Å²) in [4.78, 5) is 42.6. The SMILES string of the molecule is C[C@H]1CN(CCCO)CCN1CC(=O)Nc1cccc2c(N3CCC(=O)NC3=O)nn(C)c12. The molecular formula is C22H31N7O4. The van der Waals surface area contributed by atoms with Crippen LogP contribution >= 0.6 is 0 Å². The van der Waals surface area contributed by atoms with Gasteiger partial charge in [-0.25, -0.2) is 4.79 Å². The van der Waals surface area contributed by atoms with Crippen molar-refractivity contribution in [3.05, 3.63) is 18.2 Å². The Labute approximate surface area is 192 Å². The van der Waals surface area contributed by atoms with Gasteiger partial charge < -0.3 is 15.3 Å². The number of aliphatic hydroxyl groups excluding tert-OH is 1. The summed E-state index contributed by atoms with van der Waals surface area (Å²) in [7, 11) is 1.77. The summed E-state index contributed by atoms with van der Waals surface area (Å²) in [6, 6.07) is 5.24. The number of urea groups is 1. The molecular weight excluding hydrogens is 426 g/mol. The fourth-order valence-electron chi connectivity index (χ4n) is 4.56. The minimum atomic E-state index is -0.493. The van der Waals surface area contributed by atoms with E-state index in [0.717, 1.165) is 38.0 Å². The topological polar surface area (TPSA) is 123 Å². The molecule has 11 nitrogen and oxygen atoms in total. The molecule has 4 rings (SSSR count). The maximum absolute atomic E-state index is 12.9. The number of carbonyl (C=O) groups is 3. The van der Waals surface area contributed by atoms with Crippen LogP contribution in [-0.2, 0) is 16.6 Å². The van der Waals surface area contributed by atoms with E-state index in [1.807, 2.05) is 18.2 Å². The number of aliphatic hydroxyl groups is 1. The summed E-state index contributed by atoms with van der Waals surface area (Å²) in [6.45, 7) is 6.26. The van der Waals surface area contributed by atoms with E-state index in [0.29, 0.717) is 17.0 Å². The Morgan fingerprint density at radius 3 is 2.82 bits per heavy atom. The molecule has 0 radical (unpaired) electrons. The van der Waals surface area contributed by atoms with E-state index in [1.54, 1.807) is 11.7 Å². The quantitative estimate of drug-likeness (QED) is 0.548. The predicted octanol–water partition coefficient (Wildman–Crippen LogP) is 0.347. The van der Waals surface area contributed by atoms with Crippen LogP contribution in [-0.4, -0.2) is 94.4 Å². The van der Waals surface area contributed by atoms with Crippen LogP contribution in [0.25, 0.3) is 10.9 Å². The van der Waals surface area contributed by atoms with Gasteiger partial charge in [0.1, 0.15) is 0 Å². The zero-order chi connectivity index (χ0) is 23.5. The lowest BCUT2D eigenvalue weighted by molar-refractivity contribution is -0.120. The summed E-state index contributed by atoms with van der Waals surface area (Å²) >= 11 is 0. The largest absolute Gasteiger partial charge is 0.396 e. The van der Waals surface area contributed by atoms with Crippen LogP contribution in [0.15, 0.2) is 18.2 Å². The van der Waals surface area contributed by atoms with Gasteiger partial charge in [-0.1, -0.05) is 6.07 Å². The number of anilines is 2. The number of benzene rings is 1. The van der Waals surface area contributed by atoms with Crippen LogP contribution in [0.3, 0.4) is 0 Å². The zero-order valence-electron chi connectivity index (χ0n) is 19.1. The summed E-state index contributed by atoms with van der Waals surface area (Å²) in [5.41, 5.74) is 1.34. The van der Waals surface area contributed by atoms with Crippen molar-refractivity contribution in [1.82, 2.24) is 24.9 Å². The molecule has 0 saturated carbocycles. The second kappa shape index (κ2) is 9.86. The van der Waals surface area contributed by atoms with Crippen LogP contribution in [0.5, 0.6) is 0 Å². The van der Waals surface area contributed by atoms with Crippen LogP contribution in [0.2, 0.25) is 0 Å². The van der Waals surface area contributed by atoms with Crippen LogP contribution in [0.1, 0.15) is 19.8 Å². The highest BCUT2D eigenvalue weighted by Crippen LogP contribution is 2.31. The van der Waals surface area contributed by atoms with Crippen molar-refractivity contribution in [1.29, 1.82) is 0 Å². The molecule has 178 valence electrons. The van der Waals surface area contributed by atoms with Crippen molar-refractivity contribution in [3.63, 3.8) is 0 Å². The third-order valence-electron chi connectivity index (χ3n) is 6.26. The number of hydrogen-bond donors (Lipinski definition) is 3. The van der Waals surface area contributed by atoms with Crippen molar-refractivity contribution in [3.8, 4) is 0 Å². The monoisotopic (exact) mass is 457 g/mol. The fraction of sp³-hybridized carbons (Fsp3) is 0.545. The van der Waals surface area contributed by atoms with Gasteiger partial charge in [0.15, 0.2) is 5.82 Å². The first kappa shape index (κ1) is 23.1. The number of hydrogen-bond acceptors (Lipinski definition) is 7. The van der Waals surface area contributed by atoms with Crippen molar-refractivity contribution < 1.29 is 19.5 Å². The lowest BCUT2D eigenvalue weighted by Crippen LogP contribution is -2.53. The molecule has 11 heteroatoms. The summed E-state index contributed by atoms with van der Waals surface area (Å²) in [5.74, 6) is 0.0522. The van der Waals surface area contributed by atoms with Gasteiger partial charge >= 0.3 is 6.03 Å². The van der Waals surface area contributed by atoms with Gasteiger partial charge in [-0.2, -0.15) is 5.10 Å². The standard InChI is InChI=1S/C22H31N7O4/c1-15-13-27(8-4-12-30)10-11-28(15)14-19(32)23-17-6-3-5-16-20(17)26(2)25-21(16)29-9-7-18(31)24-22(29)33/h3,5-6,15,30H,4,7-14H2,1-2H3,(H,23,32)(H,24,31,33)/t15-/m0/s1. The molecule has 2 fully saturated rings. The first-order valence-electron chi connectivity index (χ1n) is 11.3. The molecule has 0 unspecified atom stereocenters. The molecule has 1 aromatic heterocycles. The van der Waals surface area contributed by atoms with Crippen molar-refractivity contribution in [2.75, 3.05) is 56.1 Å². The minimum Gasteiger partial charge on any atom is -0.396 e. The highest BCUT2D eigenvalue weighted by molar-refractivity contribution is 6.11. The molecule has 2 aliphatic rings. The normalized spacial score (nSPS) is 20.3. The minimum absolute atomic E-state index is 0.109. The number of nitrogens with one attached hydrogen (secondary N) is 2. The fourth-order valence-corrected chi connectivity index (χ4v) is 4.56. The summed E-state index contributed by atoms with van der Waals surface area (Å²) in [5, 5.41) is 19.6. The number of carbonyl (C=O) groups excluding carboxylic acids is 3. The van der Waals surface area contributed by atoms with Gasteiger partial charge in [-0.3, -0.25) is 29.4 Å². The molecule has 0 spiro atoms. The first-order chi connectivity index (χ1) is 15.9. The number of para-hydroxylation sites is 1. The van der Waals surface area contributed by atoms with E-state index >= 15 is 0 Å². The smallest absolute Gasteiger partial charge is 0.329 e. The van der Waals surface area contributed by atoms with Crippen molar-refractivity contribution in [2.45, 2.75) is 25.8 Å². The van der Waals surface area contributed by atoms with Crippen molar-refractivity contribution in [2.24, 2.45) is 7.05 Å². The number of fused-ring (bicyclic) bond motifs is 1. The molecule has 3 heterocycles. The molecule has 2 saturated heterocycles. The van der Waals surface area contributed by atoms with Gasteiger partial charge in [0.2, 0.25) is 11.8 Å². The van der Waals surface area contributed by atoms with E-state index in [-0.39, 0.29) is 44.0 Å². The molecule has 1 aromatic carbocycles. The second-order valence-electron chi connectivity index (χ2n) is 8.65. The van der Waals surface area contributed by atoms with E-state index in [2.05, 4.69) is 32.5 Å². The number of aryl methyl sites for hydroxylation is 1. The third kappa shape index (κ3) is 5.00. The van der Waals surface area contributed by atoms with Crippen LogP contribution in [0.4, 0.5) is 16.3 Å². The Morgan fingerprint density at radius 1 is 1.27 bits per heavy atom. The Hall–Kier alpha value is -3.02. The lowest BCUT2D eigenvalue weighted by atomic mass is 10.1. The molecule has 2 aromatic rings. The maximum Gasteiger partial charge on any atom is 0.329 e. The lowest BCUT2D eigenvalue weighted by Gasteiger charge is -2.39. The molecule has 2 aliphatic heterocycles. The van der Waals surface area contributed by atoms with E-state index in [4.69, 9.17) is 5.11 Å². The van der Waals surface area contributed by atoms with Crippen molar-refractivity contribution >= 4 is 40.3 Å². The highest BCUT2D eigenvalue weighted by Gasteiger charge is 2.29. The molecule has 1 atom stereocenters. The van der Waals surface area contributed by atoms with E-state index in [1.165, 1.54) is 4.90 Å². The number of aromatic nitrogens is 2. The molecule has 3 N–H and O–H groups in total. The summed E-state index contributed by atoms with van der Waals surface area (Å²) < 4.78 is 1.65. The highest BCUT2D eigenvalue weighted by atomic mass is 16.3. The number of imide groups is 1. The average Bonchev–Trinajstić information content (AvgIpc) is 3.11. The van der Waals surface area contributed by atoms with Gasteiger partial charge in [0, 0.05) is 64.2 Å². The van der Waals surface area contributed by atoms with Gasteiger partial charge in [0.05, 0.1) is 17.7 Å². The van der Waals surface area contributed by atoms with Gasteiger partial charge in [0.25, 0.3) is 0 Å². The first-order valence-corrected chi connectivity index (χ1v) is 11.3. The Bertz CT molecular complexity index is 1050. The van der Waals surface area contributed by atoms with Crippen LogP contribution in [0, 0.1) is 0 Å². The van der Waals surface area contributed by atoms with E-state index in [9.17, 15) is 14.4 Å². The Morgan fingerprint density at radius 2 is 2.09 bits per heavy atom. The third-order valence-corrected chi connectivity index (χ3v) is 6.26. The Balaban J connectivity index is 1.46. The number of amides is 4. The molecule has 33 heavy (non-hydrogen) atoms. The van der Waals surface area contributed by atoms with Crippen LogP contribution < -0.4 is 15.5 Å². The maximum atomic E-state index is 12.9. The predicted molar refractivity (Wildman–Crippen MR) is 124 cm³/mol.